The van der Waals surface area contributed by atoms with Gasteiger partial charge in [-0.1, -0.05) is 23.2 Å². The summed E-state index contributed by atoms with van der Waals surface area (Å²) in [6, 6.07) is 7.09. The van der Waals surface area contributed by atoms with Gasteiger partial charge in [-0.2, -0.15) is 5.10 Å². The number of nitrogens with zero attached hydrogens (tertiary/aromatic N) is 4. The summed E-state index contributed by atoms with van der Waals surface area (Å²) in [4.78, 5) is 28.3. The first-order valence-electron chi connectivity index (χ1n) is 9.35. The number of aryl methyl sites for hydroxylation is 3. The molecule has 8 nitrogen and oxygen atoms in total. The molecule has 0 aliphatic carbocycles. The molecule has 0 atom stereocenters. The van der Waals surface area contributed by atoms with Crippen molar-refractivity contribution in [3.8, 4) is 0 Å². The van der Waals surface area contributed by atoms with Gasteiger partial charge in [0, 0.05) is 36.8 Å². The molecule has 0 saturated carbocycles. The monoisotopic (exact) mass is 425 g/mol. The number of aromatic nitrogens is 4. The van der Waals surface area contributed by atoms with Crippen LogP contribution in [0.4, 0.5) is 5.69 Å². The van der Waals surface area contributed by atoms with E-state index in [4.69, 9.17) is 11.6 Å². The second-order valence-corrected chi connectivity index (χ2v) is 7.62. The summed E-state index contributed by atoms with van der Waals surface area (Å²) >= 11 is 5.82. The number of aromatic carboxylic acids is 1. The normalized spacial score (nSPS) is 11.3. The Kier molecular flexibility index (Phi) is 4.95. The maximum Gasteiger partial charge on any atom is 0.356 e. The van der Waals surface area contributed by atoms with E-state index in [9.17, 15) is 14.7 Å². The number of rotatable bonds is 5. The van der Waals surface area contributed by atoms with E-state index < -0.39 is 5.97 Å². The molecule has 3 heterocycles. The number of pyridine rings is 2. The second kappa shape index (κ2) is 7.46. The lowest BCUT2D eigenvalue weighted by Gasteiger charge is -2.13. The third kappa shape index (κ3) is 3.29. The van der Waals surface area contributed by atoms with Gasteiger partial charge < -0.3 is 10.4 Å². The number of carboxylic acid groups (broad SMARTS) is 1. The number of hydrogen-bond acceptors (Lipinski definition) is 5. The SMILES string of the molecule is Cc1cc(CCNc2ccc(Cl)nc2C(=O)O)c2c(c1)c(=O)n(C)c1c2cnn1C. The fraction of sp³-hybridized carbons (Fsp3) is 0.238. The Balaban J connectivity index is 1.76. The molecule has 0 aliphatic rings. The van der Waals surface area contributed by atoms with Crippen molar-refractivity contribution in [3.05, 3.63) is 62.8 Å². The quantitative estimate of drug-likeness (QED) is 0.476. The van der Waals surface area contributed by atoms with Gasteiger partial charge in [-0.05, 0) is 37.1 Å². The van der Waals surface area contributed by atoms with Crippen molar-refractivity contribution >= 4 is 45.1 Å². The molecule has 3 aromatic heterocycles. The maximum atomic E-state index is 13.0. The molecule has 0 radical (unpaired) electrons. The molecule has 154 valence electrons. The van der Waals surface area contributed by atoms with E-state index in [0.29, 0.717) is 24.0 Å². The zero-order valence-corrected chi connectivity index (χ0v) is 17.5. The van der Waals surface area contributed by atoms with Gasteiger partial charge in [0.25, 0.3) is 5.56 Å². The number of nitrogens with one attached hydrogen (secondary N) is 1. The molecule has 30 heavy (non-hydrogen) atoms. The molecule has 0 aliphatic heterocycles. The van der Waals surface area contributed by atoms with Crippen LogP contribution in [0, 0.1) is 6.92 Å². The van der Waals surface area contributed by atoms with Gasteiger partial charge in [-0.3, -0.25) is 14.0 Å². The van der Waals surface area contributed by atoms with Crippen LogP contribution in [0.15, 0.2) is 35.3 Å². The zero-order chi connectivity index (χ0) is 21.6. The highest BCUT2D eigenvalue weighted by atomic mass is 35.5. The van der Waals surface area contributed by atoms with E-state index in [1.807, 2.05) is 26.1 Å². The minimum Gasteiger partial charge on any atom is -0.476 e. The molecule has 0 saturated heterocycles. The van der Waals surface area contributed by atoms with Crippen LogP contribution >= 0.6 is 11.6 Å². The molecule has 9 heteroatoms. The van der Waals surface area contributed by atoms with Crippen LogP contribution < -0.4 is 10.9 Å². The average Bonchev–Trinajstić information content (AvgIpc) is 3.08. The van der Waals surface area contributed by atoms with Gasteiger partial charge in [0.2, 0.25) is 0 Å². The first-order chi connectivity index (χ1) is 14.3. The molecule has 0 bridgehead atoms. The lowest BCUT2D eigenvalue weighted by molar-refractivity contribution is 0.0691. The Bertz CT molecular complexity index is 1370. The fourth-order valence-corrected chi connectivity index (χ4v) is 4.05. The Morgan fingerprint density at radius 3 is 2.73 bits per heavy atom. The van der Waals surface area contributed by atoms with Crippen molar-refractivity contribution in [2.45, 2.75) is 13.3 Å². The predicted octanol–water partition coefficient (Wildman–Crippen LogP) is 3.13. The van der Waals surface area contributed by atoms with Crippen LogP contribution in [-0.4, -0.2) is 37.0 Å². The highest BCUT2D eigenvalue weighted by molar-refractivity contribution is 6.29. The highest BCUT2D eigenvalue weighted by Gasteiger charge is 2.16. The number of benzene rings is 1. The zero-order valence-electron chi connectivity index (χ0n) is 16.7. The average molecular weight is 426 g/mol. The number of halogens is 1. The topological polar surface area (TPSA) is 102 Å². The first-order valence-corrected chi connectivity index (χ1v) is 9.73. The predicted molar refractivity (Wildman–Crippen MR) is 117 cm³/mol. The van der Waals surface area contributed by atoms with Crippen LogP contribution in [0.25, 0.3) is 21.8 Å². The summed E-state index contributed by atoms with van der Waals surface area (Å²) in [5.41, 5.74) is 2.92. The largest absolute Gasteiger partial charge is 0.476 e. The summed E-state index contributed by atoms with van der Waals surface area (Å²) in [6.45, 7) is 2.41. The molecule has 1 aromatic carbocycles. The molecule has 0 amide bonds. The van der Waals surface area contributed by atoms with Crippen LogP contribution in [0.1, 0.15) is 21.6 Å². The molecule has 0 fully saturated rings. The standard InChI is InChI=1S/C21H20ClN5O3/c1-11-8-12(6-7-23-15-4-5-16(22)25-18(15)21(29)30)17-13(9-11)20(28)26(2)19-14(17)10-24-27(19)3/h4-5,8-10,23H,6-7H2,1-3H3,(H,29,30). The van der Waals surface area contributed by atoms with Crippen molar-refractivity contribution in [1.29, 1.82) is 0 Å². The van der Waals surface area contributed by atoms with Crippen molar-refractivity contribution in [2.24, 2.45) is 14.1 Å². The van der Waals surface area contributed by atoms with E-state index >= 15 is 0 Å². The van der Waals surface area contributed by atoms with Gasteiger partial charge in [-0.25, -0.2) is 9.78 Å². The minimum absolute atomic E-state index is 0.0749. The summed E-state index contributed by atoms with van der Waals surface area (Å²) in [7, 11) is 3.56. The van der Waals surface area contributed by atoms with Crippen molar-refractivity contribution in [2.75, 3.05) is 11.9 Å². The lowest BCUT2D eigenvalue weighted by atomic mass is 9.98. The van der Waals surface area contributed by atoms with E-state index in [2.05, 4.69) is 15.4 Å². The molecule has 0 spiro atoms. The minimum atomic E-state index is -1.15. The molecular formula is C21H20ClN5O3. The molecule has 0 unspecified atom stereocenters. The van der Waals surface area contributed by atoms with E-state index in [1.165, 1.54) is 0 Å². The van der Waals surface area contributed by atoms with E-state index in [0.717, 1.165) is 27.5 Å². The third-order valence-corrected chi connectivity index (χ3v) is 5.38. The second-order valence-electron chi connectivity index (χ2n) is 7.23. The number of fused-ring (bicyclic) bond motifs is 3. The summed E-state index contributed by atoms with van der Waals surface area (Å²) in [5.74, 6) is -1.15. The first kappa shape index (κ1) is 19.9. The number of anilines is 1. The smallest absolute Gasteiger partial charge is 0.356 e. The van der Waals surface area contributed by atoms with Crippen LogP contribution in [0.2, 0.25) is 5.15 Å². The van der Waals surface area contributed by atoms with E-state index in [1.54, 1.807) is 34.6 Å². The van der Waals surface area contributed by atoms with Gasteiger partial charge in [0.1, 0.15) is 10.8 Å². The van der Waals surface area contributed by atoms with E-state index in [-0.39, 0.29) is 16.4 Å². The number of carbonyl (C=O) groups is 1. The Morgan fingerprint density at radius 2 is 2.00 bits per heavy atom. The Labute approximate surface area is 176 Å². The maximum absolute atomic E-state index is 13.0. The Morgan fingerprint density at radius 1 is 1.23 bits per heavy atom. The molecule has 2 N–H and O–H groups in total. The molecule has 4 rings (SSSR count). The van der Waals surface area contributed by atoms with Crippen molar-refractivity contribution in [1.82, 2.24) is 19.3 Å². The van der Waals surface area contributed by atoms with Gasteiger partial charge in [0.05, 0.1) is 11.9 Å². The van der Waals surface area contributed by atoms with Crippen molar-refractivity contribution in [3.63, 3.8) is 0 Å². The number of carboxylic acids is 1. The highest BCUT2D eigenvalue weighted by Crippen LogP contribution is 2.27. The molecule has 4 aromatic rings. The summed E-state index contributed by atoms with van der Waals surface area (Å²) in [6.07, 6.45) is 2.35. The number of hydrogen-bond donors (Lipinski definition) is 2. The van der Waals surface area contributed by atoms with Gasteiger partial charge in [-0.15, -0.1) is 0 Å². The fourth-order valence-electron chi connectivity index (χ4n) is 3.90. The summed E-state index contributed by atoms with van der Waals surface area (Å²) in [5, 5.41) is 19.4. The van der Waals surface area contributed by atoms with Crippen LogP contribution in [-0.2, 0) is 20.5 Å². The third-order valence-electron chi connectivity index (χ3n) is 5.17. The van der Waals surface area contributed by atoms with Crippen LogP contribution in [0.3, 0.4) is 0 Å². The van der Waals surface area contributed by atoms with Crippen LogP contribution in [0.5, 0.6) is 0 Å². The van der Waals surface area contributed by atoms with Gasteiger partial charge in [0.15, 0.2) is 5.69 Å². The Hall–Kier alpha value is -3.39. The lowest BCUT2D eigenvalue weighted by Crippen LogP contribution is -2.20. The summed E-state index contributed by atoms with van der Waals surface area (Å²) < 4.78 is 3.31. The molecular weight excluding hydrogens is 406 g/mol. The van der Waals surface area contributed by atoms with Gasteiger partial charge >= 0.3 is 5.97 Å². The van der Waals surface area contributed by atoms with Crippen molar-refractivity contribution < 1.29 is 9.90 Å².